The number of carbonyl (C=O) groups is 2. The number of rotatable bonds is 3. The van der Waals surface area contributed by atoms with Crippen LogP contribution in [0.1, 0.15) is 0 Å². The monoisotopic (exact) mass is 282 g/mol. The first-order valence-electron chi connectivity index (χ1n) is 7.57. The van der Waals surface area contributed by atoms with Crippen LogP contribution in [-0.4, -0.2) is 19.0 Å². The molecule has 7 rings (SSSR count). The summed E-state index contributed by atoms with van der Waals surface area (Å²) in [6, 6.07) is 9.27. The molecule has 4 heteroatoms. The largest absolute Gasteiger partial charge is 0.469 e. The van der Waals surface area contributed by atoms with E-state index in [2.05, 4.69) is 0 Å². The molecule has 0 spiro atoms. The van der Waals surface area contributed by atoms with Crippen molar-refractivity contribution in [3.63, 3.8) is 0 Å². The standard InChI is InChI=1S/C17H14O4/c1-20-14(18)16-8-11-9(16)13-10(16)12(8)17(11,13)15(19)21-7-5-3-2-4-6-7/h2-6,8-13H,1H3. The molecule has 0 heterocycles. The van der Waals surface area contributed by atoms with E-state index in [1.165, 1.54) is 7.11 Å². The molecule has 0 unspecified atom stereocenters. The van der Waals surface area contributed by atoms with Gasteiger partial charge in [0.05, 0.1) is 17.9 Å². The lowest BCUT2D eigenvalue weighted by molar-refractivity contribution is -0.628. The van der Waals surface area contributed by atoms with Crippen molar-refractivity contribution in [2.75, 3.05) is 7.11 Å². The highest BCUT2D eigenvalue weighted by atomic mass is 16.5. The summed E-state index contributed by atoms with van der Waals surface area (Å²) in [5.74, 6) is 2.95. The maximum Gasteiger partial charge on any atom is 0.318 e. The van der Waals surface area contributed by atoms with E-state index in [4.69, 9.17) is 9.47 Å². The number of ether oxygens (including phenoxy) is 2. The van der Waals surface area contributed by atoms with Gasteiger partial charge in [-0.1, -0.05) is 18.2 Å². The molecule has 6 fully saturated rings. The quantitative estimate of drug-likeness (QED) is 0.623. The first-order chi connectivity index (χ1) is 10.2. The van der Waals surface area contributed by atoms with Crippen molar-refractivity contribution < 1.29 is 19.1 Å². The lowest BCUT2D eigenvalue weighted by atomic mass is 8.92. The Morgan fingerprint density at radius 1 is 0.857 bits per heavy atom. The van der Waals surface area contributed by atoms with Gasteiger partial charge in [0.15, 0.2) is 0 Å². The summed E-state index contributed by atoms with van der Waals surface area (Å²) in [5.41, 5.74) is -0.408. The topological polar surface area (TPSA) is 52.6 Å². The van der Waals surface area contributed by atoms with E-state index >= 15 is 0 Å². The normalized spacial score (nSPS) is 54.7. The minimum absolute atomic E-state index is 0.0315. The van der Waals surface area contributed by atoms with E-state index in [1.54, 1.807) is 0 Å². The molecule has 4 nitrogen and oxygen atoms in total. The number of hydrogen-bond donors (Lipinski definition) is 0. The van der Waals surface area contributed by atoms with E-state index in [1.807, 2.05) is 30.3 Å². The molecular formula is C17H14O4. The Bertz CT molecular complexity index is 668. The highest BCUT2D eigenvalue weighted by molar-refractivity contribution is 5.97. The number of hydrogen-bond acceptors (Lipinski definition) is 4. The third kappa shape index (κ3) is 0.670. The van der Waals surface area contributed by atoms with Crippen LogP contribution in [0, 0.1) is 46.3 Å². The Balaban J connectivity index is 1.28. The van der Waals surface area contributed by atoms with Crippen molar-refractivity contribution in [1.82, 2.24) is 0 Å². The van der Waals surface area contributed by atoms with E-state index in [0.717, 1.165) is 0 Å². The predicted octanol–water partition coefficient (Wildman–Crippen LogP) is 1.50. The minimum Gasteiger partial charge on any atom is -0.469 e. The van der Waals surface area contributed by atoms with Gasteiger partial charge in [-0.3, -0.25) is 9.59 Å². The van der Waals surface area contributed by atoms with Crippen molar-refractivity contribution in [2.45, 2.75) is 0 Å². The summed E-state index contributed by atoms with van der Waals surface area (Å²) in [7, 11) is 1.48. The highest BCUT2D eigenvalue weighted by Gasteiger charge is 3.13. The van der Waals surface area contributed by atoms with Gasteiger partial charge in [-0.15, -0.1) is 0 Å². The summed E-state index contributed by atoms with van der Waals surface area (Å²) in [5, 5.41) is 0. The van der Waals surface area contributed by atoms with Crippen LogP contribution in [-0.2, 0) is 14.3 Å². The predicted molar refractivity (Wildman–Crippen MR) is 69.9 cm³/mol. The maximum atomic E-state index is 12.6. The van der Waals surface area contributed by atoms with Crippen molar-refractivity contribution in [3.8, 4) is 5.75 Å². The zero-order valence-corrected chi connectivity index (χ0v) is 11.5. The van der Waals surface area contributed by atoms with Crippen LogP contribution in [0.4, 0.5) is 0 Å². The molecule has 0 bridgehead atoms. The lowest BCUT2D eigenvalue weighted by Crippen LogP contribution is -3.12. The van der Waals surface area contributed by atoms with Gasteiger partial charge in [-0.25, -0.2) is 0 Å². The number of methoxy groups -OCH3 is 1. The molecule has 0 aliphatic heterocycles. The summed E-state index contributed by atoms with van der Waals surface area (Å²) in [6.07, 6.45) is 0. The summed E-state index contributed by atoms with van der Waals surface area (Å²) in [4.78, 5) is 24.6. The zero-order chi connectivity index (χ0) is 14.1. The van der Waals surface area contributed by atoms with Crippen LogP contribution >= 0.6 is 0 Å². The number of carbonyl (C=O) groups excluding carboxylic acids is 2. The van der Waals surface area contributed by atoms with Gasteiger partial charge in [0, 0.05) is 0 Å². The number of benzene rings is 1. The molecule has 1 aromatic carbocycles. The second-order valence-corrected chi connectivity index (χ2v) is 7.21. The zero-order valence-electron chi connectivity index (χ0n) is 11.5. The van der Waals surface area contributed by atoms with E-state index < -0.39 is 0 Å². The van der Waals surface area contributed by atoms with Crippen molar-refractivity contribution in [3.05, 3.63) is 30.3 Å². The van der Waals surface area contributed by atoms with Crippen LogP contribution in [0.5, 0.6) is 5.75 Å². The number of para-hydroxylation sites is 1. The van der Waals surface area contributed by atoms with Crippen LogP contribution in [0.15, 0.2) is 30.3 Å². The van der Waals surface area contributed by atoms with Gasteiger partial charge < -0.3 is 9.47 Å². The average Bonchev–Trinajstić information content (AvgIpc) is 2.54. The van der Waals surface area contributed by atoms with Gasteiger partial charge >= 0.3 is 11.9 Å². The molecule has 0 amide bonds. The van der Waals surface area contributed by atoms with Gasteiger partial charge in [-0.2, -0.15) is 0 Å². The van der Waals surface area contributed by atoms with Gasteiger partial charge in [0.2, 0.25) is 0 Å². The molecule has 106 valence electrons. The van der Waals surface area contributed by atoms with Crippen LogP contribution in [0.3, 0.4) is 0 Å². The molecule has 6 aliphatic rings. The molecule has 0 radical (unpaired) electrons. The summed E-state index contributed by atoms with van der Waals surface area (Å²) >= 11 is 0. The SMILES string of the molecule is COC(=O)C12C3C4C1C1C2C3C41C(=O)Oc1ccccc1. The molecule has 6 saturated carbocycles. The smallest absolute Gasteiger partial charge is 0.318 e. The third-order valence-electron chi connectivity index (χ3n) is 7.48. The first-order valence-corrected chi connectivity index (χ1v) is 7.57. The number of esters is 2. The second-order valence-electron chi connectivity index (χ2n) is 7.21. The second kappa shape index (κ2) is 2.74. The molecule has 0 N–H and O–H groups in total. The van der Waals surface area contributed by atoms with Crippen LogP contribution in [0.2, 0.25) is 0 Å². The highest BCUT2D eigenvalue weighted by Crippen LogP contribution is 3.10. The van der Waals surface area contributed by atoms with Gasteiger partial charge in [0.25, 0.3) is 0 Å². The Morgan fingerprint density at radius 3 is 1.81 bits per heavy atom. The van der Waals surface area contributed by atoms with E-state index in [9.17, 15) is 9.59 Å². The van der Waals surface area contributed by atoms with Crippen LogP contribution < -0.4 is 4.74 Å². The molecular weight excluding hydrogens is 268 g/mol. The van der Waals surface area contributed by atoms with Crippen molar-refractivity contribution >= 4 is 11.9 Å². The Labute approximate surface area is 121 Å². The Kier molecular flexibility index (Phi) is 1.41. The summed E-state index contributed by atoms with van der Waals surface area (Å²) < 4.78 is 10.6. The maximum absolute atomic E-state index is 12.6. The average molecular weight is 282 g/mol. The third-order valence-corrected chi connectivity index (χ3v) is 7.48. The summed E-state index contributed by atoms with van der Waals surface area (Å²) in [6.45, 7) is 0. The molecule has 0 saturated heterocycles. The lowest BCUT2D eigenvalue weighted by Gasteiger charge is -3.08. The van der Waals surface area contributed by atoms with Gasteiger partial charge in [-0.05, 0) is 47.6 Å². The minimum atomic E-state index is -0.231. The molecule has 0 aromatic heterocycles. The first kappa shape index (κ1) is 10.8. The van der Waals surface area contributed by atoms with Crippen LogP contribution in [0.25, 0.3) is 0 Å². The van der Waals surface area contributed by atoms with Crippen molar-refractivity contribution in [1.29, 1.82) is 0 Å². The Hall–Kier alpha value is -1.84. The Morgan fingerprint density at radius 2 is 1.33 bits per heavy atom. The fraction of sp³-hybridized carbons (Fsp3) is 0.529. The van der Waals surface area contributed by atoms with Crippen molar-refractivity contribution in [2.24, 2.45) is 46.3 Å². The van der Waals surface area contributed by atoms with E-state index in [0.29, 0.717) is 41.3 Å². The fourth-order valence-corrected chi connectivity index (χ4v) is 7.20. The van der Waals surface area contributed by atoms with E-state index in [-0.39, 0.29) is 22.8 Å². The molecule has 1 aromatic rings. The molecule has 6 aliphatic carbocycles. The van der Waals surface area contributed by atoms with Gasteiger partial charge in [0.1, 0.15) is 5.75 Å². The molecule has 21 heavy (non-hydrogen) atoms. The fourth-order valence-electron chi connectivity index (χ4n) is 7.20. The molecule has 0 atom stereocenters.